The van der Waals surface area contributed by atoms with Crippen molar-refractivity contribution in [3.63, 3.8) is 0 Å². The summed E-state index contributed by atoms with van der Waals surface area (Å²) in [5.74, 6) is -1.02. The summed E-state index contributed by atoms with van der Waals surface area (Å²) in [6, 6.07) is 6.25. The lowest BCUT2D eigenvalue weighted by Gasteiger charge is -2.07. The number of carbonyl (C=O) groups is 1. The molecule has 1 aromatic carbocycles. The average molecular weight is 287 g/mol. The number of nitrogens with zero attached hydrogens (tertiary/aromatic N) is 1. The number of hydrogen-bond acceptors (Lipinski definition) is 3. The van der Waals surface area contributed by atoms with E-state index < -0.39 is 11.8 Å². The highest BCUT2D eigenvalue weighted by atomic mass is 19.1. The van der Waals surface area contributed by atoms with E-state index in [9.17, 15) is 9.18 Å². The first-order chi connectivity index (χ1) is 10.0. The van der Waals surface area contributed by atoms with Crippen molar-refractivity contribution in [2.45, 2.75) is 6.92 Å². The summed E-state index contributed by atoms with van der Waals surface area (Å²) < 4.78 is 19.0. The van der Waals surface area contributed by atoms with Gasteiger partial charge in [0.1, 0.15) is 11.6 Å². The normalized spacial score (nSPS) is 11.3. The Labute approximate surface area is 121 Å². The standard InChI is InChI=1S/C16H14FNO3/c1-10(5-16(19)20)11-6-12(9-18-8-11)14-4-3-13(21-2)7-15(14)17/h3-9H,1-2H3,(H,19,20)/b10-5+. The number of pyridine rings is 1. The number of carboxylic acid groups (broad SMARTS) is 1. The molecule has 2 rings (SSSR count). The predicted molar refractivity (Wildman–Crippen MR) is 77.5 cm³/mol. The van der Waals surface area contributed by atoms with Gasteiger partial charge in [-0.15, -0.1) is 0 Å². The van der Waals surface area contributed by atoms with E-state index in [4.69, 9.17) is 9.84 Å². The fraction of sp³-hybridized carbons (Fsp3) is 0.125. The quantitative estimate of drug-likeness (QED) is 0.876. The lowest BCUT2D eigenvalue weighted by atomic mass is 10.0. The lowest BCUT2D eigenvalue weighted by molar-refractivity contribution is -0.131. The van der Waals surface area contributed by atoms with E-state index in [0.29, 0.717) is 28.0 Å². The second kappa shape index (κ2) is 6.17. The molecule has 0 radical (unpaired) electrons. The van der Waals surface area contributed by atoms with E-state index in [1.54, 1.807) is 31.3 Å². The first kappa shape index (κ1) is 14.7. The monoisotopic (exact) mass is 287 g/mol. The molecule has 1 aromatic heterocycles. The van der Waals surface area contributed by atoms with E-state index >= 15 is 0 Å². The number of hydrogen-bond donors (Lipinski definition) is 1. The molecule has 4 nitrogen and oxygen atoms in total. The van der Waals surface area contributed by atoms with Crippen LogP contribution in [0.15, 0.2) is 42.7 Å². The first-order valence-electron chi connectivity index (χ1n) is 6.22. The highest BCUT2D eigenvalue weighted by Gasteiger charge is 2.08. The van der Waals surface area contributed by atoms with Crippen LogP contribution in [-0.4, -0.2) is 23.2 Å². The van der Waals surface area contributed by atoms with Gasteiger partial charge in [0.2, 0.25) is 0 Å². The van der Waals surface area contributed by atoms with Crippen LogP contribution < -0.4 is 4.74 Å². The number of benzene rings is 1. The Morgan fingerprint density at radius 1 is 1.33 bits per heavy atom. The second-order valence-electron chi connectivity index (χ2n) is 4.47. The number of aliphatic carboxylic acids is 1. The Kier molecular flexibility index (Phi) is 4.33. The first-order valence-corrected chi connectivity index (χ1v) is 6.22. The van der Waals surface area contributed by atoms with Crippen LogP contribution in [0.4, 0.5) is 4.39 Å². The highest BCUT2D eigenvalue weighted by molar-refractivity contribution is 5.89. The van der Waals surface area contributed by atoms with E-state index in [1.807, 2.05) is 0 Å². The zero-order chi connectivity index (χ0) is 15.4. The summed E-state index contributed by atoms with van der Waals surface area (Å²) in [6.07, 6.45) is 4.16. The maximum atomic E-state index is 14.0. The summed E-state index contributed by atoms with van der Waals surface area (Å²) in [4.78, 5) is 14.7. The van der Waals surface area contributed by atoms with Crippen molar-refractivity contribution >= 4 is 11.5 Å². The second-order valence-corrected chi connectivity index (χ2v) is 4.47. The molecule has 5 heteroatoms. The lowest BCUT2D eigenvalue weighted by Crippen LogP contribution is -1.93. The fourth-order valence-electron chi connectivity index (χ4n) is 1.93. The number of rotatable bonds is 4. The van der Waals surface area contributed by atoms with Crippen molar-refractivity contribution in [1.29, 1.82) is 0 Å². The van der Waals surface area contributed by atoms with Gasteiger partial charge in [-0.3, -0.25) is 4.98 Å². The largest absolute Gasteiger partial charge is 0.497 e. The van der Waals surface area contributed by atoms with E-state index in [-0.39, 0.29) is 0 Å². The van der Waals surface area contributed by atoms with Crippen molar-refractivity contribution < 1.29 is 19.0 Å². The molecular weight excluding hydrogens is 273 g/mol. The van der Waals surface area contributed by atoms with Gasteiger partial charge in [-0.1, -0.05) is 0 Å². The molecule has 0 aliphatic rings. The molecule has 0 unspecified atom stereocenters. The summed E-state index contributed by atoms with van der Waals surface area (Å²) in [5.41, 5.74) is 2.13. The number of methoxy groups -OCH3 is 1. The third kappa shape index (κ3) is 3.45. The summed E-state index contributed by atoms with van der Waals surface area (Å²) in [5, 5.41) is 8.76. The Bertz CT molecular complexity index is 710. The van der Waals surface area contributed by atoms with Gasteiger partial charge < -0.3 is 9.84 Å². The molecule has 21 heavy (non-hydrogen) atoms. The Morgan fingerprint density at radius 3 is 2.71 bits per heavy atom. The third-order valence-corrected chi connectivity index (χ3v) is 3.02. The number of allylic oxidation sites excluding steroid dienone is 1. The molecule has 1 heterocycles. The van der Waals surface area contributed by atoms with Crippen LogP contribution in [0, 0.1) is 5.82 Å². The molecule has 0 spiro atoms. The molecular formula is C16H14FNO3. The Hall–Kier alpha value is -2.69. The van der Waals surface area contributed by atoms with Crippen molar-refractivity contribution in [2.75, 3.05) is 7.11 Å². The zero-order valence-corrected chi connectivity index (χ0v) is 11.6. The number of aromatic nitrogens is 1. The molecule has 0 bridgehead atoms. The van der Waals surface area contributed by atoms with Crippen LogP contribution in [0.2, 0.25) is 0 Å². The van der Waals surface area contributed by atoms with Gasteiger partial charge in [0.25, 0.3) is 0 Å². The van der Waals surface area contributed by atoms with Crippen LogP contribution in [-0.2, 0) is 4.79 Å². The average Bonchev–Trinajstić information content (AvgIpc) is 2.46. The third-order valence-electron chi connectivity index (χ3n) is 3.02. The van der Waals surface area contributed by atoms with Crippen LogP contribution in [0.25, 0.3) is 16.7 Å². The van der Waals surface area contributed by atoms with Gasteiger partial charge >= 0.3 is 5.97 Å². The van der Waals surface area contributed by atoms with Crippen LogP contribution in [0.5, 0.6) is 5.75 Å². The molecule has 0 saturated carbocycles. The van der Waals surface area contributed by atoms with Gasteiger partial charge in [0.15, 0.2) is 0 Å². The minimum atomic E-state index is -1.03. The van der Waals surface area contributed by atoms with Gasteiger partial charge in [0.05, 0.1) is 7.11 Å². The topological polar surface area (TPSA) is 59.4 Å². The predicted octanol–water partition coefficient (Wildman–Crippen LogP) is 3.38. The number of ether oxygens (including phenoxy) is 1. The summed E-state index contributed by atoms with van der Waals surface area (Å²) in [7, 11) is 1.47. The summed E-state index contributed by atoms with van der Waals surface area (Å²) >= 11 is 0. The smallest absolute Gasteiger partial charge is 0.328 e. The van der Waals surface area contributed by atoms with Gasteiger partial charge in [-0.2, -0.15) is 0 Å². The van der Waals surface area contributed by atoms with E-state index in [0.717, 1.165) is 6.08 Å². The molecule has 2 aromatic rings. The maximum Gasteiger partial charge on any atom is 0.328 e. The van der Waals surface area contributed by atoms with Crippen LogP contribution >= 0.6 is 0 Å². The molecule has 108 valence electrons. The van der Waals surface area contributed by atoms with Crippen molar-refractivity contribution in [2.24, 2.45) is 0 Å². The van der Waals surface area contributed by atoms with Gasteiger partial charge in [0, 0.05) is 35.7 Å². The highest BCUT2D eigenvalue weighted by Crippen LogP contribution is 2.27. The number of halogens is 1. The molecule has 1 N–H and O–H groups in total. The molecule has 0 amide bonds. The molecule has 0 aliphatic carbocycles. The molecule has 0 atom stereocenters. The van der Waals surface area contributed by atoms with Crippen LogP contribution in [0.3, 0.4) is 0 Å². The zero-order valence-electron chi connectivity index (χ0n) is 11.6. The van der Waals surface area contributed by atoms with E-state index in [2.05, 4.69) is 4.98 Å². The van der Waals surface area contributed by atoms with Gasteiger partial charge in [-0.25, -0.2) is 9.18 Å². The van der Waals surface area contributed by atoms with E-state index in [1.165, 1.54) is 19.4 Å². The SMILES string of the molecule is COc1ccc(-c2cncc(/C(C)=C/C(=O)O)c2)c(F)c1. The maximum absolute atomic E-state index is 14.0. The fourth-order valence-corrected chi connectivity index (χ4v) is 1.93. The Morgan fingerprint density at radius 2 is 2.10 bits per heavy atom. The molecule has 0 saturated heterocycles. The van der Waals surface area contributed by atoms with Crippen LogP contribution in [0.1, 0.15) is 12.5 Å². The Balaban J connectivity index is 2.44. The minimum Gasteiger partial charge on any atom is -0.497 e. The van der Waals surface area contributed by atoms with Crippen molar-refractivity contribution in [1.82, 2.24) is 4.98 Å². The molecule has 0 aliphatic heterocycles. The minimum absolute atomic E-state index is 0.383. The van der Waals surface area contributed by atoms with Crippen molar-refractivity contribution in [3.05, 3.63) is 54.1 Å². The van der Waals surface area contributed by atoms with Crippen molar-refractivity contribution in [3.8, 4) is 16.9 Å². The molecule has 0 fully saturated rings. The number of carboxylic acids is 1. The summed E-state index contributed by atoms with van der Waals surface area (Å²) in [6.45, 7) is 1.67. The van der Waals surface area contributed by atoms with Gasteiger partial charge in [-0.05, 0) is 36.3 Å².